The molecule has 0 unspecified atom stereocenters. The molecule has 0 bridgehead atoms. The predicted octanol–water partition coefficient (Wildman–Crippen LogP) is 4.32. The van der Waals surface area contributed by atoms with Gasteiger partial charge in [-0.15, -0.1) is 0 Å². The van der Waals surface area contributed by atoms with E-state index in [0.29, 0.717) is 48.0 Å². The van der Waals surface area contributed by atoms with Gasteiger partial charge in [0.05, 0.1) is 17.7 Å². The Morgan fingerprint density at radius 3 is 2.46 bits per heavy atom. The fourth-order valence-electron chi connectivity index (χ4n) is 4.93. The van der Waals surface area contributed by atoms with E-state index in [2.05, 4.69) is 0 Å². The summed E-state index contributed by atoms with van der Waals surface area (Å²) in [5.41, 5.74) is 1.50. The standard InChI is InChI=1S/C27H27F4N3O5/c1-39-12-11-34-15-20(23-18(25(36)37)3-2-4-22(23)34)24(35)33-9-7-17(8-10-33)19-13-16(5-6-21(19)28)14-32-26(38)27(29,30)31/h2-6,13,15,17H,7-12,14H2,1H3,(H,32,38)(H,36,37). The van der Waals surface area contributed by atoms with E-state index in [1.165, 1.54) is 18.2 Å². The van der Waals surface area contributed by atoms with Crippen molar-refractivity contribution in [1.82, 2.24) is 14.8 Å². The van der Waals surface area contributed by atoms with Crippen LogP contribution >= 0.6 is 0 Å². The number of rotatable bonds is 8. The maximum absolute atomic E-state index is 14.6. The molecule has 2 N–H and O–H groups in total. The Bertz CT molecular complexity index is 1390. The van der Waals surface area contributed by atoms with Gasteiger partial charge >= 0.3 is 18.1 Å². The Morgan fingerprint density at radius 1 is 1.10 bits per heavy atom. The van der Waals surface area contributed by atoms with E-state index in [4.69, 9.17) is 4.74 Å². The number of piperidine rings is 1. The minimum atomic E-state index is -5.01. The number of aromatic carboxylic acids is 1. The molecule has 8 nitrogen and oxygen atoms in total. The zero-order chi connectivity index (χ0) is 28.3. The number of nitrogens with zero attached hydrogens (tertiary/aromatic N) is 2. The highest BCUT2D eigenvalue weighted by Gasteiger charge is 2.38. The van der Waals surface area contributed by atoms with Crippen LogP contribution in [0.2, 0.25) is 0 Å². The third-order valence-corrected chi connectivity index (χ3v) is 6.90. The van der Waals surface area contributed by atoms with E-state index >= 15 is 0 Å². The van der Waals surface area contributed by atoms with Gasteiger partial charge in [0, 0.05) is 50.4 Å². The Labute approximate surface area is 221 Å². The highest BCUT2D eigenvalue weighted by Crippen LogP contribution is 2.33. The largest absolute Gasteiger partial charge is 0.478 e. The predicted molar refractivity (Wildman–Crippen MR) is 133 cm³/mol. The molecule has 1 aliphatic heterocycles. The number of carboxylic acids is 1. The third kappa shape index (κ3) is 6.06. The van der Waals surface area contributed by atoms with Crippen molar-refractivity contribution in [2.24, 2.45) is 0 Å². The van der Waals surface area contributed by atoms with Crippen LogP contribution in [0.1, 0.15) is 50.6 Å². The highest BCUT2D eigenvalue weighted by molar-refractivity contribution is 6.14. The van der Waals surface area contributed by atoms with Gasteiger partial charge < -0.3 is 24.6 Å². The van der Waals surface area contributed by atoms with E-state index in [9.17, 15) is 37.1 Å². The van der Waals surface area contributed by atoms with E-state index in [1.54, 1.807) is 40.2 Å². The zero-order valence-corrected chi connectivity index (χ0v) is 21.1. The second-order valence-corrected chi connectivity index (χ2v) is 9.34. The summed E-state index contributed by atoms with van der Waals surface area (Å²) in [4.78, 5) is 38.2. The minimum Gasteiger partial charge on any atom is -0.478 e. The maximum Gasteiger partial charge on any atom is 0.471 e. The van der Waals surface area contributed by atoms with Gasteiger partial charge in [0.1, 0.15) is 5.82 Å². The molecule has 1 aliphatic rings. The molecular weight excluding hydrogens is 522 g/mol. The molecule has 1 saturated heterocycles. The number of likely N-dealkylation sites (tertiary alicyclic amines) is 1. The third-order valence-electron chi connectivity index (χ3n) is 6.90. The van der Waals surface area contributed by atoms with Crippen LogP contribution in [0.15, 0.2) is 42.6 Å². The average molecular weight is 550 g/mol. The minimum absolute atomic E-state index is 0.0124. The molecule has 3 aromatic rings. The van der Waals surface area contributed by atoms with Crippen LogP contribution in [-0.2, 0) is 22.6 Å². The number of aromatic nitrogens is 1. The number of alkyl halides is 3. The molecule has 0 radical (unpaired) electrons. The molecule has 0 saturated carbocycles. The van der Waals surface area contributed by atoms with Gasteiger partial charge in [-0.1, -0.05) is 18.2 Å². The van der Waals surface area contributed by atoms with Gasteiger partial charge in [-0.05, 0) is 48.1 Å². The molecule has 2 amide bonds. The SMILES string of the molecule is COCCn1cc(C(=O)N2CCC(c3cc(CNC(=O)C(F)(F)F)ccc3F)CC2)c2c(C(=O)O)cccc21. The monoisotopic (exact) mass is 549 g/mol. The summed E-state index contributed by atoms with van der Waals surface area (Å²) >= 11 is 0. The van der Waals surface area contributed by atoms with Crippen LogP contribution < -0.4 is 5.32 Å². The summed E-state index contributed by atoms with van der Waals surface area (Å²) in [5.74, 6) is -4.37. The molecule has 0 atom stereocenters. The first-order chi connectivity index (χ1) is 18.5. The van der Waals surface area contributed by atoms with Gasteiger partial charge in [0.25, 0.3) is 5.91 Å². The molecule has 208 valence electrons. The molecule has 2 aromatic carbocycles. The number of carbonyl (C=O) groups excluding carboxylic acids is 2. The van der Waals surface area contributed by atoms with Gasteiger partial charge in [-0.2, -0.15) is 13.2 Å². The van der Waals surface area contributed by atoms with Crippen molar-refractivity contribution in [3.8, 4) is 0 Å². The first-order valence-electron chi connectivity index (χ1n) is 12.3. The van der Waals surface area contributed by atoms with Gasteiger partial charge in [-0.25, -0.2) is 9.18 Å². The van der Waals surface area contributed by atoms with Crippen molar-refractivity contribution in [2.45, 2.75) is 38.0 Å². The topological polar surface area (TPSA) is 101 Å². The highest BCUT2D eigenvalue weighted by atomic mass is 19.4. The summed E-state index contributed by atoms with van der Waals surface area (Å²) in [6.45, 7) is 0.938. The molecule has 0 aliphatic carbocycles. The number of fused-ring (bicyclic) bond motifs is 1. The van der Waals surface area contributed by atoms with E-state index in [-0.39, 0.29) is 36.0 Å². The number of methoxy groups -OCH3 is 1. The van der Waals surface area contributed by atoms with Gasteiger partial charge in [-0.3, -0.25) is 9.59 Å². The molecule has 39 heavy (non-hydrogen) atoms. The quantitative estimate of drug-likeness (QED) is 0.408. The summed E-state index contributed by atoms with van der Waals surface area (Å²) in [5, 5.41) is 11.8. The lowest BCUT2D eigenvalue weighted by Gasteiger charge is -2.32. The van der Waals surface area contributed by atoms with Crippen molar-refractivity contribution in [1.29, 1.82) is 0 Å². The number of nitrogens with one attached hydrogen (secondary N) is 1. The van der Waals surface area contributed by atoms with Crippen molar-refractivity contribution in [2.75, 3.05) is 26.8 Å². The Kier molecular flexibility index (Phi) is 8.24. The number of halogens is 4. The lowest BCUT2D eigenvalue weighted by molar-refractivity contribution is -0.173. The lowest BCUT2D eigenvalue weighted by Crippen LogP contribution is -2.38. The summed E-state index contributed by atoms with van der Waals surface area (Å²) < 4.78 is 59.0. The molecule has 1 fully saturated rings. The van der Waals surface area contributed by atoms with Crippen LogP contribution in [0.5, 0.6) is 0 Å². The average Bonchev–Trinajstić information content (AvgIpc) is 3.29. The van der Waals surface area contributed by atoms with Crippen molar-refractivity contribution >= 4 is 28.7 Å². The summed E-state index contributed by atoms with van der Waals surface area (Å²) in [7, 11) is 1.54. The molecule has 1 aromatic heterocycles. The number of carbonyl (C=O) groups is 3. The Balaban J connectivity index is 1.51. The van der Waals surface area contributed by atoms with Crippen molar-refractivity contribution < 1.29 is 41.8 Å². The number of ether oxygens (including phenoxy) is 1. The smallest absolute Gasteiger partial charge is 0.471 e. The number of benzene rings is 2. The molecular formula is C27H27F4N3O5. The Morgan fingerprint density at radius 2 is 1.82 bits per heavy atom. The molecule has 0 spiro atoms. The van der Waals surface area contributed by atoms with Crippen LogP contribution in [0, 0.1) is 5.82 Å². The summed E-state index contributed by atoms with van der Waals surface area (Å²) in [6, 6.07) is 8.72. The molecule has 12 heteroatoms. The second kappa shape index (κ2) is 11.4. The van der Waals surface area contributed by atoms with E-state index in [0.717, 1.165) is 6.07 Å². The molecule has 4 rings (SSSR count). The fourth-order valence-corrected chi connectivity index (χ4v) is 4.93. The number of hydrogen-bond acceptors (Lipinski definition) is 4. The second-order valence-electron chi connectivity index (χ2n) is 9.34. The van der Waals surface area contributed by atoms with Crippen LogP contribution in [0.3, 0.4) is 0 Å². The van der Waals surface area contributed by atoms with E-state index < -0.39 is 30.4 Å². The van der Waals surface area contributed by atoms with Gasteiger partial charge in [0.15, 0.2) is 0 Å². The van der Waals surface area contributed by atoms with E-state index in [1.807, 2.05) is 0 Å². The van der Waals surface area contributed by atoms with Crippen LogP contribution in [0.4, 0.5) is 17.6 Å². The first-order valence-corrected chi connectivity index (χ1v) is 12.3. The van der Waals surface area contributed by atoms with Crippen LogP contribution in [-0.4, -0.2) is 65.3 Å². The maximum atomic E-state index is 14.6. The number of carboxylic acid groups (broad SMARTS) is 1. The number of amides is 2. The lowest BCUT2D eigenvalue weighted by atomic mass is 9.88. The van der Waals surface area contributed by atoms with Gasteiger partial charge in [0.2, 0.25) is 0 Å². The fraction of sp³-hybridized carbons (Fsp3) is 0.370. The first kappa shape index (κ1) is 28.1. The normalized spacial score (nSPS) is 14.5. The number of hydrogen-bond donors (Lipinski definition) is 2. The molecule has 2 heterocycles. The summed E-state index contributed by atoms with van der Waals surface area (Å²) in [6.07, 6.45) is -2.59. The van der Waals surface area contributed by atoms with Crippen molar-refractivity contribution in [3.63, 3.8) is 0 Å². The zero-order valence-electron chi connectivity index (χ0n) is 21.1. The van der Waals surface area contributed by atoms with Crippen molar-refractivity contribution in [3.05, 3.63) is 70.7 Å². The Hall–Kier alpha value is -3.93. The van der Waals surface area contributed by atoms with Crippen LogP contribution in [0.25, 0.3) is 10.9 Å².